The highest BCUT2D eigenvalue weighted by Gasteiger charge is 2.13. The molecule has 0 bridgehead atoms. The van der Waals surface area contributed by atoms with Crippen LogP contribution in [0, 0.1) is 12.8 Å². The van der Waals surface area contributed by atoms with E-state index in [-0.39, 0.29) is 0 Å². The van der Waals surface area contributed by atoms with E-state index in [0.29, 0.717) is 0 Å². The Bertz CT molecular complexity index is 274. The van der Waals surface area contributed by atoms with E-state index in [1.54, 1.807) is 4.88 Å². The van der Waals surface area contributed by atoms with E-state index >= 15 is 0 Å². The quantitative estimate of drug-likeness (QED) is 0.807. The lowest BCUT2D eigenvalue weighted by Gasteiger charge is -2.22. The van der Waals surface area contributed by atoms with Crippen LogP contribution >= 0.6 is 11.3 Å². The lowest BCUT2D eigenvalue weighted by atomic mass is 9.92. The van der Waals surface area contributed by atoms with Crippen LogP contribution in [0.15, 0.2) is 11.4 Å². The Morgan fingerprint density at radius 2 is 2.21 bits per heavy atom. The minimum atomic E-state index is 0.970. The highest BCUT2D eigenvalue weighted by Crippen LogP contribution is 2.23. The summed E-state index contributed by atoms with van der Waals surface area (Å²) < 4.78 is 0. The largest absolute Gasteiger partial charge is 0.317 e. The van der Waals surface area contributed by atoms with Crippen LogP contribution in [0.1, 0.15) is 29.7 Å². The van der Waals surface area contributed by atoms with Crippen molar-refractivity contribution in [1.29, 1.82) is 0 Å². The van der Waals surface area contributed by atoms with E-state index in [4.69, 9.17) is 0 Å². The molecule has 1 aliphatic rings. The van der Waals surface area contributed by atoms with Crippen LogP contribution in [-0.2, 0) is 6.42 Å². The average Bonchev–Trinajstić information content (AvgIpc) is 2.63. The number of thiophene rings is 1. The van der Waals surface area contributed by atoms with Crippen molar-refractivity contribution < 1.29 is 0 Å². The van der Waals surface area contributed by atoms with E-state index in [1.165, 1.54) is 44.3 Å². The molecule has 0 aliphatic carbocycles. The van der Waals surface area contributed by atoms with Gasteiger partial charge in [0.1, 0.15) is 0 Å². The molecule has 0 unspecified atom stereocenters. The zero-order valence-corrected chi connectivity index (χ0v) is 9.70. The molecule has 2 heterocycles. The van der Waals surface area contributed by atoms with Crippen molar-refractivity contribution in [3.63, 3.8) is 0 Å². The molecule has 1 aliphatic heterocycles. The first-order valence-corrected chi connectivity index (χ1v) is 6.48. The van der Waals surface area contributed by atoms with Crippen molar-refractivity contribution in [1.82, 2.24) is 5.32 Å². The molecule has 0 spiro atoms. The number of aryl methyl sites for hydroxylation is 2. The van der Waals surface area contributed by atoms with E-state index in [1.807, 2.05) is 11.3 Å². The van der Waals surface area contributed by atoms with Gasteiger partial charge in [-0.25, -0.2) is 0 Å². The van der Waals surface area contributed by atoms with E-state index in [0.717, 1.165) is 5.92 Å². The van der Waals surface area contributed by atoms with Gasteiger partial charge in [0.15, 0.2) is 0 Å². The maximum absolute atomic E-state index is 3.42. The maximum Gasteiger partial charge on any atom is 0.00745 e. The van der Waals surface area contributed by atoms with Gasteiger partial charge in [-0.3, -0.25) is 0 Å². The number of piperidine rings is 1. The molecule has 1 aromatic rings. The summed E-state index contributed by atoms with van der Waals surface area (Å²) in [7, 11) is 0. The van der Waals surface area contributed by atoms with Crippen molar-refractivity contribution >= 4 is 11.3 Å². The fourth-order valence-corrected chi connectivity index (χ4v) is 3.09. The van der Waals surface area contributed by atoms with Crippen LogP contribution in [0.5, 0.6) is 0 Å². The molecule has 1 fully saturated rings. The standard InChI is InChI=1S/C12H19NS/c1-10-6-9-14-12(10)3-2-11-4-7-13-8-5-11/h6,9,11,13H,2-5,7-8H2,1H3. The van der Waals surface area contributed by atoms with Crippen LogP contribution in [-0.4, -0.2) is 13.1 Å². The first kappa shape index (κ1) is 10.2. The first-order valence-electron chi connectivity index (χ1n) is 5.60. The number of hydrogen-bond donors (Lipinski definition) is 1. The molecule has 0 radical (unpaired) electrons. The van der Waals surface area contributed by atoms with Crippen LogP contribution in [0.2, 0.25) is 0 Å². The Kier molecular flexibility index (Phi) is 3.60. The fourth-order valence-electron chi connectivity index (χ4n) is 2.17. The van der Waals surface area contributed by atoms with Gasteiger partial charge in [0.05, 0.1) is 0 Å². The van der Waals surface area contributed by atoms with Crippen molar-refractivity contribution in [2.75, 3.05) is 13.1 Å². The molecule has 0 amide bonds. The second-order valence-corrected chi connectivity index (χ2v) is 5.26. The number of nitrogens with one attached hydrogen (secondary N) is 1. The van der Waals surface area contributed by atoms with Crippen LogP contribution < -0.4 is 5.32 Å². The highest BCUT2D eigenvalue weighted by molar-refractivity contribution is 7.10. The van der Waals surface area contributed by atoms with Gasteiger partial charge < -0.3 is 5.32 Å². The predicted octanol–water partition coefficient (Wildman–Crippen LogP) is 2.99. The van der Waals surface area contributed by atoms with Gasteiger partial charge in [0, 0.05) is 4.88 Å². The minimum Gasteiger partial charge on any atom is -0.317 e. The summed E-state index contributed by atoms with van der Waals surface area (Å²) >= 11 is 1.92. The smallest absolute Gasteiger partial charge is 0.00745 e. The van der Waals surface area contributed by atoms with Gasteiger partial charge in [-0.2, -0.15) is 0 Å². The molecular weight excluding hydrogens is 190 g/mol. The van der Waals surface area contributed by atoms with Crippen molar-refractivity contribution in [2.24, 2.45) is 5.92 Å². The summed E-state index contributed by atoms with van der Waals surface area (Å²) in [5.41, 5.74) is 1.49. The molecule has 0 saturated carbocycles. The van der Waals surface area contributed by atoms with Crippen LogP contribution in [0.4, 0.5) is 0 Å². The summed E-state index contributed by atoms with van der Waals surface area (Å²) in [6, 6.07) is 2.24. The minimum absolute atomic E-state index is 0.970. The van der Waals surface area contributed by atoms with Gasteiger partial charge in [0.25, 0.3) is 0 Å². The maximum atomic E-state index is 3.42. The molecular formula is C12H19NS. The molecule has 0 aromatic carbocycles. The first-order chi connectivity index (χ1) is 6.86. The Labute approximate surface area is 90.5 Å². The van der Waals surface area contributed by atoms with Gasteiger partial charge in [-0.1, -0.05) is 0 Å². The van der Waals surface area contributed by atoms with Gasteiger partial charge in [0.2, 0.25) is 0 Å². The Balaban J connectivity index is 1.79. The molecule has 14 heavy (non-hydrogen) atoms. The zero-order valence-electron chi connectivity index (χ0n) is 8.88. The summed E-state index contributed by atoms with van der Waals surface area (Å²) in [5.74, 6) is 0.970. The van der Waals surface area contributed by atoms with Crippen LogP contribution in [0.25, 0.3) is 0 Å². The summed E-state index contributed by atoms with van der Waals surface area (Å²) in [4.78, 5) is 1.60. The second-order valence-electron chi connectivity index (χ2n) is 4.26. The molecule has 1 saturated heterocycles. The molecule has 2 heteroatoms. The third kappa shape index (κ3) is 2.58. The molecule has 78 valence electrons. The second kappa shape index (κ2) is 4.94. The van der Waals surface area contributed by atoms with E-state index < -0.39 is 0 Å². The van der Waals surface area contributed by atoms with Gasteiger partial charge >= 0.3 is 0 Å². The van der Waals surface area contributed by atoms with E-state index in [9.17, 15) is 0 Å². The molecule has 1 aromatic heterocycles. The van der Waals surface area contributed by atoms with Crippen molar-refractivity contribution in [3.05, 3.63) is 21.9 Å². The summed E-state index contributed by atoms with van der Waals surface area (Å²) in [5, 5.41) is 5.64. The molecule has 2 rings (SSSR count). The van der Waals surface area contributed by atoms with E-state index in [2.05, 4.69) is 23.7 Å². The molecule has 1 N–H and O–H groups in total. The summed E-state index contributed by atoms with van der Waals surface area (Å²) in [6.07, 6.45) is 5.45. The third-order valence-corrected chi connectivity index (χ3v) is 4.29. The van der Waals surface area contributed by atoms with Crippen molar-refractivity contribution in [2.45, 2.75) is 32.6 Å². The Hall–Kier alpha value is -0.340. The third-order valence-electron chi connectivity index (χ3n) is 3.21. The Morgan fingerprint density at radius 3 is 2.86 bits per heavy atom. The SMILES string of the molecule is Cc1ccsc1CCC1CCNCC1. The van der Waals surface area contributed by atoms with Crippen molar-refractivity contribution in [3.8, 4) is 0 Å². The highest BCUT2D eigenvalue weighted by atomic mass is 32.1. The predicted molar refractivity (Wildman–Crippen MR) is 63.0 cm³/mol. The fraction of sp³-hybridized carbons (Fsp3) is 0.667. The normalized spacial score (nSPS) is 18.6. The lowest BCUT2D eigenvalue weighted by Crippen LogP contribution is -2.27. The molecule has 1 nitrogen and oxygen atoms in total. The topological polar surface area (TPSA) is 12.0 Å². The van der Waals surface area contributed by atoms with Gasteiger partial charge in [-0.15, -0.1) is 11.3 Å². The van der Waals surface area contributed by atoms with Gasteiger partial charge in [-0.05, 0) is 68.6 Å². The van der Waals surface area contributed by atoms with Crippen LogP contribution in [0.3, 0.4) is 0 Å². The zero-order chi connectivity index (χ0) is 9.80. The molecule has 0 atom stereocenters. The number of rotatable bonds is 3. The summed E-state index contributed by atoms with van der Waals surface area (Å²) in [6.45, 7) is 4.69. The monoisotopic (exact) mass is 209 g/mol. The lowest BCUT2D eigenvalue weighted by molar-refractivity contribution is 0.355. The number of hydrogen-bond acceptors (Lipinski definition) is 2. The average molecular weight is 209 g/mol. The Morgan fingerprint density at radius 1 is 1.43 bits per heavy atom.